The molecular formula is C3H4NO3. The summed E-state index contributed by atoms with van der Waals surface area (Å²) < 4.78 is 3.88. The number of ether oxygens (including phenoxy) is 1. The maximum Gasteiger partial charge on any atom is 0.293 e. The third-order valence-electron chi connectivity index (χ3n) is 0.282. The van der Waals surface area contributed by atoms with Crippen molar-refractivity contribution in [3.05, 3.63) is 0 Å². The van der Waals surface area contributed by atoms with Gasteiger partial charge in [-0.3, -0.25) is 15.3 Å². The van der Waals surface area contributed by atoms with E-state index in [4.69, 9.17) is 5.73 Å². The van der Waals surface area contributed by atoms with E-state index in [0.29, 0.717) is 0 Å². The fraction of sp³-hybridized carbons (Fsp3) is 0.333. The van der Waals surface area contributed by atoms with Crippen LogP contribution in [0.25, 0.3) is 0 Å². The Kier molecular flexibility index (Phi) is 2.67. The van der Waals surface area contributed by atoms with E-state index < -0.39 is 12.5 Å². The second-order valence-electron chi connectivity index (χ2n) is 0.830. The van der Waals surface area contributed by atoms with Crippen LogP contribution in [-0.4, -0.2) is 19.0 Å². The standard InChI is InChI=1S/C3H4NO3/c4-3(6)1-7-2-5/h2,4H,1H2. The highest BCUT2D eigenvalue weighted by Crippen LogP contribution is 1.62. The zero-order valence-electron chi connectivity index (χ0n) is 3.51. The molecule has 0 spiro atoms. The Morgan fingerprint density at radius 3 is 2.57 bits per heavy atom. The van der Waals surface area contributed by atoms with E-state index in [2.05, 4.69) is 4.74 Å². The quantitative estimate of drug-likeness (QED) is 0.428. The number of carbonyl (C=O) groups excluding carboxylic acids is 2. The summed E-state index contributed by atoms with van der Waals surface area (Å²) in [7, 11) is 0. The molecular weight excluding hydrogens is 98.0 g/mol. The lowest BCUT2D eigenvalue weighted by Gasteiger charge is -1.85. The fourth-order valence-electron chi connectivity index (χ4n) is 0.110. The highest BCUT2D eigenvalue weighted by molar-refractivity contribution is 5.75. The maximum atomic E-state index is 9.59. The molecule has 0 bridgehead atoms. The first-order valence-electron chi connectivity index (χ1n) is 1.57. The van der Waals surface area contributed by atoms with Gasteiger partial charge in [-0.2, -0.15) is 0 Å². The van der Waals surface area contributed by atoms with E-state index in [-0.39, 0.29) is 6.47 Å². The second-order valence-corrected chi connectivity index (χ2v) is 0.830. The van der Waals surface area contributed by atoms with Crippen LogP contribution in [0.2, 0.25) is 0 Å². The lowest BCUT2D eigenvalue weighted by atomic mass is 10.7. The lowest BCUT2D eigenvalue weighted by Crippen LogP contribution is -2.06. The third kappa shape index (κ3) is 4.94. The van der Waals surface area contributed by atoms with Crippen LogP contribution in [0.15, 0.2) is 0 Å². The molecule has 0 aliphatic rings. The Hall–Kier alpha value is -1.06. The van der Waals surface area contributed by atoms with Gasteiger partial charge < -0.3 is 4.74 Å². The molecule has 0 aliphatic carbocycles. The molecule has 0 aromatic carbocycles. The Morgan fingerprint density at radius 2 is 2.43 bits per heavy atom. The SMILES string of the molecule is [NH]C(=O)COC=O. The molecule has 1 radical (unpaired) electrons. The molecule has 4 heteroatoms. The molecule has 7 heavy (non-hydrogen) atoms. The van der Waals surface area contributed by atoms with Gasteiger partial charge in [0, 0.05) is 0 Å². The summed E-state index contributed by atoms with van der Waals surface area (Å²) in [5.41, 5.74) is 6.16. The molecule has 1 N–H and O–H groups in total. The average molecular weight is 102 g/mol. The van der Waals surface area contributed by atoms with Crippen LogP contribution in [0, 0.1) is 0 Å². The smallest absolute Gasteiger partial charge is 0.293 e. The topological polar surface area (TPSA) is 67.2 Å². The highest BCUT2D eigenvalue weighted by atomic mass is 16.5. The molecule has 0 saturated heterocycles. The molecule has 0 aromatic heterocycles. The van der Waals surface area contributed by atoms with E-state index in [9.17, 15) is 9.59 Å². The molecule has 39 valence electrons. The molecule has 0 heterocycles. The Morgan fingerprint density at radius 1 is 1.86 bits per heavy atom. The van der Waals surface area contributed by atoms with Gasteiger partial charge in [0.2, 0.25) is 0 Å². The number of rotatable bonds is 3. The molecule has 0 aromatic rings. The zero-order chi connectivity index (χ0) is 5.70. The van der Waals surface area contributed by atoms with Crippen LogP contribution in [0.3, 0.4) is 0 Å². The van der Waals surface area contributed by atoms with Crippen LogP contribution in [-0.2, 0) is 14.3 Å². The van der Waals surface area contributed by atoms with Gasteiger partial charge in [0.25, 0.3) is 12.4 Å². The summed E-state index contributed by atoms with van der Waals surface area (Å²) in [5.74, 6) is -0.896. The number of carbonyl (C=O) groups is 2. The van der Waals surface area contributed by atoms with Gasteiger partial charge >= 0.3 is 0 Å². The number of nitrogens with one attached hydrogen (secondary N) is 1. The average Bonchev–Trinajstić information content (AvgIpc) is 1.61. The van der Waals surface area contributed by atoms with Gasteiger partial charge in [0.05, 0.1) is 0 Å². The zero-order valence-corrected chi connectivity index (χ0v) is 3.51. The van der Waals surface area contributed by atoms with Gasteiger partial charge in [-0.05, 0) is 0 Å². The van der Waals surface area contributed by atoms with Crippen LogP contribution in [0.5, 0.6) is 0 Å². The summed E-state index contributed by atoms with van der Waals surface area (Å²) in [5, 5.41) is 0. The van der Waals surface area contributed by atoms with Crippen molar-refractivity contribution in [2.75, 3.05) is 6.61 Å². The lowest BCUT2D eigenvalue weighted by molar-refractivity contribution is -0.136. The Balaban J connectivity index is 2.97. The van der Waals surface area contributed by atoms with Crippen molar-refractivity contribution in [3.8, 4) is 0 Å². The molecule has 0 unspecified atom stereocenters. The van der Waals surface area contributed by atoms with Gasteiger partial charge in [0.15, 0.2) is 6.61 Å². The van der Waals surface area contributed by atoms with Crippen molar-refractivity contribution < 1.29 is 14.3 Å². The molecule has 0 rings (SSSR count). The normalized spacial score (nSPS) is 7.43. The van der Waals surface area contributed by atoms with Crippen LogP contribution < -0.4 is 5.73 Å². The van der Waals surface area contributed by atoms with Crippen LogP contribution >= 0.6 is 0 Å². The summed E-state index contributed by atoms with van der Waals surface area (Å²) in [6.07, 6.45) is 0. The first-order valence-corrected chi connectivity index (χ1v) is 1.57. The number of amides is 1. The van der Waals surface area contributed by atoms with E-state index in [1.165, 1.54) is 0 Å². The first-order chi connectivity index (χ1) is 3.27. The van der Waals surface area contributed by atoms with Crippen molar-refractivity contribution in [3.63, 3.8) is 0 Å². The molecule has 0 aliphatic heterocycles. The van der Waals surface area contributed by atoms with Gasteiger partial charge in [-0.25, -0.2) is 0 Å². The molecule has 0 fully saturated rings. The first kappa shape index (κ1) is 5.94. The predicted octanol–water partition coefficient (Wildman–Crippen LogP) is -1.03. The Labute approximate surface area is 40.2 Å². The van der Waals surface area contributed by atoms with Gasteiger partial charge in [0.1, 0.15) is 0 Å². The minimum absolute atomic E-state index is 0.131. The van der Waals surface area contributed by atoms with Gasteiger partial charge in [-0.1, -0.05) is 0 Å². The minimum Gasteiger partial charge on any atom is -0.458 e. The fourth-order valence-corrected chi connectivity index (χ4v) is 0.110. The molecule has 4 nitrogen and oxygen atoms in total. The monoisotopic (exact) mass is 102 g/mol. The van der Waals surface area contributed by atoms with E-state index in [1.54, 1.807) is 0 Å². The van der Waals surface area contributed by atoms with Crippen molar-refractivity contribution in [1.82, 2.24) is 5.73 Å². The van der Waals surface area contributed by atoms with E-state index in [1.807, 2.05) is 0 Å². The predicted molar refractivity (Wildman–Crippen MR) is 20.1 cm³/mol. The van der Waals surface area contributed by atoms with Crippen LogP contribution in [0.4, 0.5) is 0 Å². The third-order valence-corrected chi connectivity index (χ3v) is 0.282. The Bertz CT molecular complexity index is 80.2. The van der Waals surface area contributed by atoms with Crippen molar-refractivity contribution in [2.24, 2.45) is 0 Å². The van der Waals surface area contributed by atoms with E-state index >= 15 is 0 Å². The number of hydrogen-bond acceptors (Lipinski definition) is 3. The molecule has 1 amide bonds. The summed E-state index contributed by atoms with van der Waals surface area (Å²) in [4.78, 5) is 18.8. The van der Waals surface area contributed by atoms with Crippen molar-refractivity contribution >= 4 is 12.4 Å². The summed E-state index contributed by atoms with van der Waals surface area (Å²) in [6.45, 7) is -0.310. The summed E-state index contributed by atoms with van der Waals surface area (Å²) in [6, 6.07) is 0. The van der Waals surface area contributed by atoms with Crippen molar-refractivity contribution in [2.45, 2.75) is 0 Å². The van der Waals surface area contributed by atoms with Crippen LogP contribution in [0.1, 0.15) is 0 Å². The summed E-state index contributed by atoms with van der Waals surface area (Å²) >= 11 is 0. The minimum atomic E-state index is -0.896. The molecule has 0 saturated carbocycles. The maximum absolute atomic E-state index is 9.59. The van der Waals surface area contributed by atoms with Crippen molar-refractivity contribution in [1.29, 1.82) is 0 Å². The largest absolute Gasteiger partial charge is 0.458 e. The number of hydrogen-bond donors (Lipinski definition) is 0. The van der Waals surface area contributed by atoms with E-state index in [0.717, 1.165) is 0 Å². The molecule has 0 atom stereocenters. The van der Waals surface area contributed by atoms with Gasteiger partial charge in [-0.15, -0.1) is 0 Å². The second kappa shape index (κ2) is 3.14. The highest BCUT2D eigenvalue weighted by Gasteiger charge is 1.89.